The van der Waals surface area contributed by atoms with Crippen molar-refractivity contribution in [1.29, 1.82) is 0 Å². The first-order chi connectivity index (χ1) is 14.0. The summed E-state index contributed by atoms with van der Waals surface area (Å²) in [6, 6.07) is 19.0. The summed E-state index contributed by atoms with van der Waals surface area (Å²) >= 11 is 0. The Morgan fingerprint density at radius 1 is 1.07 bits per heavy atom. The van der Waals surface area contributed by atoms with Crippen LogP contribution < -0.4 is 15.6 Å². The highest BCUT2D eigenvalue weighted by Gasteiger charge is 2.13. The number of pyridine rings is 1. The Morgan fingerprint density at radius 2 is 1.76 bits per heavy atom. The van der Waals surface area contributed by atoms with Crippen LogP contribution in [0.2, 0.25) is 0 Å². The van der Waals surface area contributed by atoms with Gasteiger partial charge in [0, 0.05) is 23.4 Å². The second-order valence-electron chi connectivity index (χ2n) is 7.08. The third-order valence-corrected chi connectivity index (χ3v) is 4.86. The zero-order valence-corrected chi connectivity index (χ0v) is 17.0. The molecule has 1 amide bonds. The van der Waals surface area contributed by atoms with E-state index < -0.39 is 0 Å². The van der Waals surface area contributed by atoms with E-state index in [2.05, 4.69) is 17.2 Å². The summed E-state index contributed by atoms with van der Waals surface area (Å²) in [7, 11) is 0. The Bertz CT molecular complexity index is 1020. The summed E-state index contributed by atoms with van der Waals surface area (Å²) in [5.41, 5.74) is 3.64. The SMILES string of the molecule is CCC(Oc1ccccc1)c1ccc(C(=O)NCc2c(C)cc(C)[nH]c2=O)cc1. The van der Waals surface area contributed by atoms with E-state index in [0.717, 1.165) is 29.0 Å². The third-order valence-electron chi connectivity index (χ3n) is 4.86. The van der Waals surface area contributed by atoms with Crippen molar-refractivity contribution in [2.75, 3.05) is 0 Å². The van der Waals surface area contributed by atoms with Crippen LogP contribution in [0.5, 0.6) is 5.75 Å². The number of aryl methyl sites for hydroxylation is 2. The lowest BCUT2D eigenvalue weighted by molar-refractivity contribution is 0.0950. The van der Waals surface area contributed by atoms with Crippen molar-refractivity contribution in [3.05, 3.63) is 99.0 Å². The predicted octanol–water partition coefficient (Wildman–Crippen LogP) is 4.45. The van der Waals surface area contributed by atoms with Gasteiger partial charge in [-0.2, -0.15) is 0 Å². The molecule has 1 unspecified atom stereocenters. The fourth-order valence-electron chi connectivity index (χ4n) is 3.27. The molecule has 0 saturated carbocycles. The van der Waals surface area contributed by atoms with Crippen LogP contribution in [0.15, 0.2) is 65.5 Å². The molecule has 0 saturated heterocycles. The average Bonchev–Trinajstić information content (AvgIpc) is 2.72. The first-order valence-electron chi connectivity index (χ1n) is 9.77. The molecule has 0 radical (unpaired) electrons. The van der Waals surface area contributed by atoms with E-state index in [0.29, 0.717) is 11.1 Å². The van der Waals surface area contributed by atoms with Gasteiger partial charge in [-0.15, -0.1) is 0 Å². The predicted molar refractivity (Wildman–Crippen MR) is 114 cm³/mol. The molecule has 0 aliphatic carbocycles. The van der Waals surface area contributed by atoms with Gasteiger partial charge >= 0.3 is 0 Å². The second-order valence-corrected chi connectivity index (χ2v) is 7.08. The van der Waals surface area contributed by atoms with Gasteiger partial charge in [-0.05, 0) is 61.7 Å². The first-order valence-corrected chi connectivity index (χ1v) is 9.77. The van der Waals surface area contributed by atoms with Crippen LogP contribution in [0.25, 0.3) is 0 Å². The molecule has 3 aromatic rings. The smallest absolute Gasteiger partial charge is 0.253 e. The summed E-state index contributed by atoms with van der Waals surface area (Å²) in [5, 5.41) is 2.83. The van der Waals surface area contributed by atoms with Crippen molar-refractivity contribution in [2.24, 2.45) is 0 Å². The number of aromatic amines is 1. The lowest BCUT2D eigenvalue weighted by Crippen LogP contribution is -2.27. The van der Waals surface area contributed by atoms with Crippen LogP contribution >= 0.6 is 0 Å². The first kappa shape index (κ1) is 20.4. The van der Waals surface area contributed by atoms with Gasteiger partial charge in [-0.25, -0.2) is 0 Å². The Kier molecular flexibility index (Phi) is 6.50. The van der Waals surface area contributed by atoms with Crippen LogP contribution in [0.3, 0.4) is 0 Å². The quantitative estimate of drug-likeness (QED) is 0.626. The van der Waals surface area contributed by atoms with Crippen LogP contribution in [-0.2, 0) is 6.54 Å². The molecule has 0 spiro atoms. The van der Waals surface area contributed by atoms with Crippen LogP contribution in [-0.4, -0.2) is 10.9 Å². The third kappa shape index (κ3) is 5.13. The fraction of sp³-hybridized carbons (Fsp3) is 0.250. The maximum absolute atomic E-state index is 12.5. The average molecular weight is 390 g/mol. The molecule has 3 rings (SSSR count). The standard InChI is InChI=1S/C24H26N2O3/c1-4-22(29-20-8-6-5-7-9-20)18-10-12-19(13-11-18)23(27)25-15-21-16(2)14-17(3)26-24(21)28/h5-14,22H,4,15H2,1-3H3,(H,25,27)(H,26,28). The summed E-state index contributed by atoms with van der Waals surface area (Å²) in [6.45, 7) is 5.96. The van der Waals surface area contributed by atoms with Crippen molar-refractivity contribution < 1.29 is 9.53 Å². The maximum atomic E-state index is 12.5. The van der Waals surface area contributed by atoms with E-state index in [9.17, 15) is 9.59 Å². The van der Waals surface area contributed by atoms with Gasteiger partial charge in [-0.3, -0.25) is 9.59 Å². The van der Waals surface area contributed by atoms with Gasteiger partial charge in [0.05, 0.1) is 0 Å². The second kappa shape index (κ2) is 9.24. The van der Waals surface area contributed by atoms with Crippen molar-refractivity contribution in [3.63, 3.8) is 0 Å². The molecule has 1 aromatic heterocycles. The zero-order chi connectivity index (χ0) is 20.8. The number of rotatable bonds is 7. The number of hydrogen-bond acceptors (Lipinski definition) is 3. The highest BCUT2D eigenvalue weighted by molar-refractivity contribution is 5.94. The number of benzene rings is 2. The number of amides is 1. The van der Waals surface area contributed by atoms with E-state index >= 15 is 0 Å². The topological polar surface area (TPSA) is 71.2 Å². The number of aromatic nitrogens is 1. The number of hydrogen-bond donors (Lipinski definition) is 2. The molecule has 0 aliphatic rings. The van der Waals surface area contributed by atoms with Crippen molar-refractivity contribution >= 4 is 5.91 Å². The van der Waals surface area contributed by atoms with E-state index in [4.69, 9.17) is 4.74 Å². The Labute approximate surface area is 170 Å². The molecule has 0 bridgehead atoms. The molecular weight excluding hydrogens is 364 g/mol. The number of H-pyrrole nitrogens is 1. The maximum Gasteiger partial charge on any atom is 0.253 e. The minimum atomic E-state index is -0.215. The highest BCUT2D eigenvalue weighted by atomic mass is 16.5. The molecule has 2 N–H and O–H groups in total. The Morgan fingerprint density at radius 3 is 2.38 bits per heavy atom. The molecule has 0 aliphatic heterocycles. The van der Waals surface area contributed by atoms with E-state index in [-0.39, 0.29) is 24.1 Å². The molecule has 5 nitrogen and oxygen atoms in total. The van der Waals surface area contributed by atoms with Gasteiger partial charge in [0.2, 0.25) is 0 Å². The van der Waals surface area contributed by atoms with Crippen LogP contribution in [0.4, 0.5) is 0 Å². The van der Waals surface area contributed by atoms with Crippen LogP contribution in [0, 0.1) is 13.8 Å². The summed E-state index contributed by atoms with van der Waals surface area (Å²) in [5.74, 6) is 0.604. The monoisotopic (exact) mass is 390 g/mol. The minimum Gasteiger partial charge on any atom is -0.486 e. The van der Waals surface area contributed by atoms with E-state index in [1.54, 1.807) is 12.1 Å². The Balaban J connectivity index is 1.66. The van der Waals surface area contributed by atoms with Gasteiger partial charge < -0.3 is 15.0 Å². The molecule has 29 heavy (non-hydrogen) atoms. The largest absolute Gasteiger partial charge is 0.486 e. The van der Waals surface area contributed by atoms with Gasteiger partial charge in [0.15, 0.2) is 0 Å². The normalized spacial score (nSPS) is 11.7. The summed E-state index contributed by atoms with van der Waals surface area (Å²) < 4.78 is 6.05. The van der Waals surface area contributed by atoms with E-state index in [1.807, 2.05) is 62.4 Å². The van der Waals surface area contributed by atoms with Gasteiger partial charge in [0.1, 0.15) is 11.9 Å². The molecule has 1 atom stereocenters. The molecule has 1 heterocycles. The van der Waals surface area contributed by atoms with Gasteiger partial charge in [-0.1, -0.05) is 37.3 Å². The fourth-order valence-corrected chi connectivity index (χ4v) is 3.27. The number of carbonyl (C=O) groups excluding carboxylic acids is 1. The molecule has 5 heteroatoms. The van der Waals surface area contributed by atoms with Crippen LogP contribution in [0.1, 0.15) is 52.2 Å². The molecular formula is C24H26N2O3. The highest BCUT2D eigenvalue weighted by Crippen LogP contribution is 2.24. The van der Waals surface area contributed by atoms with Crippen molar-refractivity contribution in [2.45, 2.75) is 39.8 Å². The van der Waals surface area contributed by atoms with Gasteiger partial charge in [0.25, 0.3) is 11.5 Å². The molecule has 150 valence electrons. The van der Waals surface area contributed by atoms with Crippen molar-refractivity contribution in [1.82, 2.24) is 10.3 Å². The number of para-hydroxylation sites is 1. The minimum absolute atomic E-state index is 0.0803. The van der Waals surface area contributed by atoms with E-state index in [1.165, 1.54) is 0 Å². The number of ether oxygens (including phenoxy) is 1. The van der Waals surface area contributed by atoms with Crippen molar-refractivity contribution in [3.8, 4) is 5.75 Å². The number of nitrogens with one attached hydrogen (secondary N) is 2. The summed E-state index contributed by atoms with van der Waals surface area (Å²) in [4.78, 5) is 27.4. The molecule has 0 fully saturated rings. The molecule has 2 aromatic carbocycles. The summed E-state index contributed by atoms with van der Waals surface area (Å²) in [6.07, 6.45) is 0.735. The lowest BCUT2D eigenvalue weighted by Gasteiger charge is -2.18. The number of carbonyl (C=O) groups is 1. The lowest BCUT2D eigenvalue weighted by atomic mass is 10.0. The Hall–Kier alpha value is -3.34. The zero-order valence-electron chi connectivity index (χ0n) is 17.0.